The van der Waals surface area contributed by atoms with Gasteiger partial charge in [-0.05, 0) is 63.3 Å². The lowest BCUT2D eigenvalue weighted by atomic mass is 9.94. The highest BCUT2D eigenvalue weighted by molar-refractivity contribution is 7.98. The molecule has 2 aliphatic rings. The van der Waals surface area contributed by atoms with E-state index in [0.29, 0.717) is 0 Å². The Balaban J connectivity index is 1.49. The highest BCUT2D eigenvalue weighted by Gasteiger charge is 2.40. The fourth-order valence-corrected chi connectivity index (χ4v) is 6.76. The third-order valence-corrected chi connectivity index (χ3v) is 9.08. The number of carbonyl (C=O) groups is 3. The lowest BCUT2D eigenvalue weighted by molar-refractivity contribution is -0.154. The summed E-state index contributed by atoms with van der Waals surface area (Å²) in [6, 6.07) is 16.3. The normalized spacial score (nSPS) is 16.5. The van der Waals surface area contributed by atoms with Gasteiger partial charge in [-0.1, -0.05) is 56.3 Å². The van der Waals surface area contributed by atoms with Gasteiger partial charge >= 0.3 is 12.1 Å². The van der Waals surface area contributed by atoms with Crippen molar-refractivity contribution in [2.75, 3.05) is 18.5 Å². The Bertz CT molecular complexity index is 1670. The number of pyridine rings is 1. The number of carbonyl (C=O) groups excluding carboxylic acids is 3. The highest BCUT2D eigenvalue weighted by atomic mass is 32.2. The van der Waals surface area contributed by atoms with E-state index < -0.39 is 35.9 Å². The first kappa shape index (κ1) is 33.9. The van der Waals surface area contributed by atoms with Gasteiger partial charge in [0, 0.05) is 29.0 Å². The third kappa shape index (κ3) is 7.27. The van der Waals surface area contributed by atoms with E-state index in [0.717, 1.165) is 21.8 Å². The zero-order valence-electron chi connectivity index (χ0n) is 27.8. The van der Waals surface area contributed by atoms with Gasteiger partial charge in [-0.15, -0.1) is 11.8 Å². The maximum Gasteiger partial charge on any atom is 0.408 e. The number of thioether (sulfide) groups is 1. The van der Waals surface area contributed by atoms with Gasteiger partial charge in [0.25, 0.3) is 5.91 Å². The molecule has 0 fully saturated rings. The second-order valence-corrected chi connectivity index (χ2v) is 14.2. The van der Waals surface area contributed by atoms with E-state index in [1.54, 1.807) is 62.2 Å². The van der Waals surface area contributed by atoms with Crippen molar-refractivity contribution in [2.24, 2.45) is 5.92 Å². The van der Waals surface area contributed by atoms with E-state index in [-0.39, 0.29) is 42.0 Å². The summed E-state index contributed by atoms with van der Waals surface area (Å²) in [6.07, 6.45) is 0.832. The van der Waals surface area contributed by atoms with Gasteiger partial charge in [0.1, 0.15) is 18.3 Å². The highest BCUT2D eigenvalue weighted by Crippen LogP contribution is 2.43. The number of hydrogen-bond donors (Lipinski definition) is 1. The molecule has 1 N–H and O–H groups in total. The van der Waals surface area contributed by atoms with Crippen molar-refractivity contribution in [3.63, 3.8) is 0 Å². The third-order valence-electron chi connectivity index (χ3n) is 7.94. The maximum atomic E-state index is 14.0. The first-order chi connectivity index (χ1) is 22.3. The molecule has 11 nitrogen and oxygen atoms in total. The number of amides is 2. The Kier molecular flexibility index (Phi) is 9.90. The molecule has 0 saturated carbocycles. The molecule has 250 valence electrons. The molecule has 0 bridgehead atoms. The summed E-state index contributed by atoms with van der Waals surface area (Å²) in [5.41, 5.74) is 2.11. The number of benzene rings is 2. The zero-order chi connectivity index (χ0) is 34.0. The van der Waals surface area contributed by atoms with Gasteiger partial charge < -0.3 is 24.4 Å². The molecule has 3 aromatic rings. The van der Waals surface area contributed by atoms with Crippen LogP contribution in [0.4, 0.5) is 4.79 Å². The van der Waals surface area contributed by atoms with Gasteiger partial charge in [0.15, 0.2) is 5.69 Å². The number of esters is 1. The predicted molar refractivity (Wildman–Crippen MR) is 179 cm³/mol. The molecule has 0 saturated heterocycles. The van der Waals surface area contributed by atoms with Gasteiger partial charge in [-0.2, -0.15) is 0 Å². The summed E-state index contributed by atoms with van der Waals surface area (Å²) in [7, 11) is 0. The number of aromatic nitrogens is 1. The number of nitrogens with zero attached hydrogens (tertiary/aromatic N) is 3. The minimum atomic E-state index is -1.03. The first-order valence-corrected chi connectivity index (χ1v) is 16.7. The molecule has 2 amide bonds. The number of hydrogen-bond acceptors (Lipinski definition) is 9. The average molecular weight is 663 g/mol. The van der Waals surface area contributed by atoms with Crippen LogP contribution in [0.1, 0.15) is 81.7 Å². The second-order valence-electron chi connectivity index (χ2n) is 13.2. The molecule has 0 radical (unpaired) electrons. The molecule has 2 atom stereocenters. The topological polar surface area (TPSA) is 119 Å². The molecule has 0 aliphatic carbocycles. The number of rotatable bonds is 8. The quantitative estimate of drug-likeness (QED) is 0.249. The van der Waals surface area contributed by atoms with Crippen LogP contribution in [0, 0.1) is 5.92 Å². The van der Waals surface area contributed by atoms with Gasteiger partial charge in [0.2, 0.25) is 18.0 Å². The van der Waals surface area contributed by atoms with Crippen LogP contribution in [-0.4, -0.2) is 58.7 Å². The SMILES string of the molecule is CC(C)[C@H](NC(=O)OC(C)(C)C)C(=O)OCOc1c2n(ccc1=O)N(C1c3ccccc3CSc3ccccc31)CN(C(C)C)C2=O. The molecule has 1 aromatic heterocycles. The van der Waals surface area contributed by atoms with Crippen molar-refractivity contribution in [3.05, 3.63) is 93.4 Å². The molecule has 0 spiro atoms. The van der Waals surface area contributed by atoms with E-state index in [1.807, 2.05) is 38.1 Å². The van der Waals surface area contributed by atoms with E-state index in [9.17, 15) is 19.2 Å². The molecular formula is C35H42N4O7S. The predicted octanol–water partition coefficient (Wildman–Crippen LogP) is 5.43. The van der Waals surface area contributed by atoms with Gasteiger partial charge in [-0.3, -0.25) is 19.3 Å². The van der Waals surface area contributed by atoms with Crippen LogP contribution in [0.15, 0.2) is 70.5 Å². The van der Waals surface area contributed by atoms with E-state index in [1.165, 1.54) is 11.6 Å². The first-order valence-electron chi connectivity index (χ1n) is 15.7. The summed E-state index contributed by atoms with van der Waals surface area (Å²) in [5, 5.41) is 4.61. The minimum absolute atomic E-state index is 0.0349. The molecule has 3 heterocycles. The monoisotopic (exact) mass is 662 g/mol. The molecule has 2 aromatic carbocycles. The van der Waals surface area contributed by atoms with Crippen LogP contribution in [0.3, 0.4) is 0 Å². The smallest absolute Gasteiger partial charge is 0.408 e. The van der Waals surface area contributed by atoms with Crippen molar-refractivity contribution < 1.29 is 28.6 Å². The van der Waals surface area contributed by atoms with Crippen LogP contribution in [0.2, 0.25) is 0 Å². The standard InChI is InChI=1S/C35H42N4O7S/c1-21(2)28(36-34(43)46-35(5,6)7)33(42)45-20-44-31-26(40)16-17-38-30(31)32(41)37(22(3)4)19-39(38)29-24-13-9-8-12-23(24)18-47-27-15-11-10-14-25(27)29/h8-17,21-22,28-29H,18-20H2,1-7H3,(H,36,43)/t28-,29?/m0/s1. The van der Waals surface area contributed by atoms with Gasteiger partial charge in [0.05, 0.1) is 6.04 Å². The Morgan fingerprint density at radius 1 is 0.979 bits per heavy atom. The van der Waals surface area contributed by atoms with Crippen LogP contribution in [-0.2, 0) is 20.0 Å². The molecule has 12 heteroatoms. The van der Waals surface area contributed by atoms with Gasteiger partial charge in [-0.25, -0.2) is 9.59 Å². The lowest BCUT2D eigenvalue weighted by Gasteiger charge is -2.45. The summed E-state index contributed by atoms with van der Waals surface area (Å²) >= 11 is 1.76. The zero-order valence-corrected chi connectivity index (χ0v) is 28.6. The number of alkyl carbamates (subject to hydrolysis) is 1. The van der Waals surface area contributed by atoms with Crippen molar-refractivity contribution >= 4 is 29.7 Å². The molecule has 47 heavy (non-hydrogen) atoms. The molecule has 1 unspecified atom stereocenters. The summed E-state index contributed by atoms with van der Waals surface area (Å²) < 4.78 is 18.2. The van der Waals surface area contributed by atoms with Crippen molar-refractivity contribution in [2.45, 2.75) is 82.8 Å². The van der Waals surface area contributed by atoms with Crippen molar-refractivity contribution in [1.82, 2.24) is 14.9 Å². The lowest BCUT2D eigenvalue weighted by Crippen LogP contribution is -2.57. The van der Waals surface area contributed by atoms with Crippen LogP contribution in [0.5, 0.6) is 5.75 Å². The Labute approximate surface area is 279 Å². The fourth-order valence-electron chi connectivity index (χ4n) is 5.67. The van der Waals surface area contributed by atoms with E-state index >= 15 is 0 Å². The summed E-state index contributed by atoms with van der Waals surface area (Å²) in [4.78, 5) is 55.6. The minimum Gasteiger partial charge on any atom is -0.451 e. The van der Waals surface area contributed by atoms with E-state index in [2.05, 4.69) is 34.6 Å². The Morgan fingerprint density at radius 2 is 1.66 bits per heavy atom. The van der Waals surface area contributed by atoms with Crippen molar-refractivity contribution in [3.8, 4) is 5.75 Å². The van der Waals surface area contributed by atoms with Crippen molar-refractivity contribution in [1.29, 1.82) is 0 Å². The Hall–Kier alpha value is -4.45. The van der Waals surface area contributed by atoms with Crippen LogP contribution < -0.4 is 20.5 Å². The second kappa shape index (κ2) is 13.7. The number of nitrogens with one attached hydrogen (secondary N) is 1. The molecule has 2 aliphatic heterocycles. The fraction of sp³-hybridized carbons (Fsp3) is 0.429. The number of ether oxygens (including phenoxy) is 3. The maximum absolute atomic E-state index is 14.0. The summed E-state index contributed by atoms with van der Waals surface area (Å²) in [6.45, 7) is 12.1. The molecule has 5 rings (SSSR count). The van der Waals surface area contributed by atoms with E-state index in [4.69, 9.17) is 14.2 Å². The Morgan fingerprint density at radius 3 is 2.34 bits per heavy atom. The largest absolute Gasteiger partial charge is 0.451 e. The molecular weight excluding hydrogens is 620 g/mol. The average Bonchev–Trinajstić information content (AvgIpc) is 3.17. The van der Waals surface area contributed by atoms with Crippen LogP contribution in [0.25, 0.3) is 0 Å². The number of fused-ring (bicyclic) bond motifs is 3. The van der Waals surface area contributed by atoms with Crippen LogP contribution >= 0.6 is 11.8 Å². The summed E-state index contributed by atoms with van der Waals surface area (Å²) in [5.74, 6) is -0.917.